The lowest BCUT2D eigenvalue weighted by atomic mass is 10.0. The fourth-order valence-corrected chi connectivity index (χ4v) is 3.75. The van der Waals surface area contributed by atoms with Crippen molar-refractivity contribution in [2.45, 2.75) is 24.8 Å². The van der Waals surface area contributed by atoms with E-state index in [0.717, 1.165) is 11.1 Å². The molecule has 2 aromatic rings. The van der Waals surface area contributed by atoms with E-state index in [0.29, 0.717) is 10.8 Å². The average molecular weight is 425 g/mol. The predicted octanol–water partition coefficient (Wildman–Crippen LogP) is 4.73. The highest BCUT2D eigenvalue weighted by Crippen LogP contribution is 2.26. The molecule has 5 nitrogen and oxygen atoms in total. The molecule has 0 N–H and O–H groups in total. The van der Waals surface area contributed by atoms with Gasteiger partial charge in [-0.05, 0) is 36.8 Å². The van der Waals surface area contributed by atoms with Crippen LogP contribution in [0.4, 0.5) is 0 Å². The monoisotopic (exact) mass is 424 g/mol. The number of aryl methyl sites for hydroxylation is 1. The lowest BCUT2D eigenvalue weighted by Crippen LogP contribution is -2.24. The molecule has 7 heteroatoms. The molecule has 0 amide bonds. The van der Waals surface area contributed by atoms with Crippen LogP contribution in [0.15, 0.2) is 53.4 Å². The van der Waals surface area contributed by atoms with Crippen molar-refractivity contribution in [1.29, 1.82) is 0 Å². The van der Waals surface area contributed by atoms with Crippen molar-refractivity contribution in [1.82, 2.24) is 0 Å². The largest absolute Gasteiger partial charge is 0.495 e. The minimum absolute atomic E-state index is 0.00297. The molecule has 0 spiro atoms. The van der Waals surface area contributed by atoms with Crippen LogP contribution in [-0.4, -0.2) is 35.3 Å². The third kappa shape index (κ3) is 6.07. The smallest absolute Gasteiger partial charge is 0.296 e. The summed E-state index contributed by atoms with van der Waals surface area (Å²) in [6, 6.07) is 12.0. The molecule has 2 rings (SSSR count). The molecule has 0 aliphatic rings. The summed E-state index contributed by atoms with van der Waals surface area (Å²) in [5.74, 6) is 0.397. The average Bonchev–Trinajstić information content (AvgIpc) is 2.68. The second kappa shape index (κ2) is 10.1. The van der Waals surface area contributed by atoms with E-state index >= 15 is 0 Å². The fourth-order valence-electron chi connectivity index (χ4n) is 2.55. The van der Waals surface area contributed by atoms with Crippen molar-refractivity contribution >= 4 is 27.8 Å². The maximum absolute atomic E-state index is 12.3. The second-order valence-corrected chi connectivity index (χ2v) is 8.50. The Morgan fingerprint density at radius 3 is 2.39 bits per heavy atom. The summed E-state index contributed by atoms with van der Waals surface area (Å²) in [6.45, 7) is 3.76. The minimum atomic E-state index is -3.81. The molecule has 28 heavy (non-hydrogen) atoms. The van der Waals surface area contributed by atoms with E-state index in [1.807, 2.05) is 38.1 Å². The summed E-state index contributed by atoms with van der Waals surface area (Å²) in [7, 11) is -0.678. The maximum atomic E-state index is 12.3. The number of hydrogen-bond donors (Lipinski definition) is 0. The lowest BCUT2D eigenvalue weighted by molar-refractivity contribution is 0.0744. The molecular formula is C21H25ClO5S. The van der Waals surface area contributed by atoms with Gasteiger partial charge in [-0.15, -0.1) is 0 Å². The SMILES string of the molecule is COc1cc(/C=C/[C@H](OC)[C@@H](C)COS(=O)(=O)c2ccc(C)cc2)ccc1Cl. The van der Waals surface area contributed by atoms with Gasteiger partial charge in [0.05, 0.1) is 29.7 Å². The Balaban J connectivity index is 2.03. The van der Waals surface area contributed by atoms with Gasteiger partial charge in [0.15, 0.2) is 0 Å². The highest BCUT2D eigenvalue weighted by atomic mass is 35.5. The van der Waals surface area contributed by atoms with Gasteiger partial charge in [-0.3, -0.25) is 4.18 Å². The van der Waals surface area contributed by atoms with Crippen molar-refractivity contribution in [2.24, 2.45) is 5.92 Å². The van der Waals surface area contributed by atoms with Gasteiger partial charge in [-0.2, -0.15) is 8.42 Å². The number of rotatable bonds is 9. The zero-order valence-corrected chi connectivity index (χ0v) is 18.0. The molecule has 0 saturated heterocycles. The molecule has 2 aromatic carbocycles. The molecule has 0 unspecified atom stereocenters. The quantitative estimate of drug-likeness (QED) is 0.544. The summed E-state index contributed by atoms with van der Waals surface area (Å²) in [6.07, 6.45) is 3.41. The molecule has 0 aliphatic heterocycles. The van der Waals surface area contributed by atoms with Gasteiger partial charge in [-0.25, -0.2) is 0 Å². The Labute approximate surface area is 172 Å². The maximum Gasteiger partial charge on any atom is 0.296 e. The van der Waals surface area contributed by atoms with Crippen LogP contribution in [0.3, 0.4) is 0 Å². The van der Waals surface area contributed by atoms with E-state index < -0.39 is 10.1 Å². The lowest BCUT2D eigenvalue weighted by Gasteiger charge is -2.19. The van der Waals surface area contributed by atoms with Crippen LogP contribution < -0.4 is 4.74 Å². The normalized spacial score (nSPS) is 14.2. The van der Waals surface area contributed by atoms with E-state index in [1.165, 1.54) is 12.1 Å². The number of benzene rings is 2. The summed E-state index contributed by atoms with van der Waals surface area (Å²) >= 11 is 6.03. The first-order chi connectivity index (χ1) is 13.3. The molecule has 0 fully saturated rings. The van der Waals surface area contributed by atoms with E-state index in [2.05, 4.69) is 0 Å². The first-order valence-electron chi connectivity index (χ1n) is 8.77. The van der Waals surface area contributed by atoms with Crippen LogP contribution in [0.5, 0.6) is 5.75 Å². The first kappa shape index (κ1) is 22.4. The standard InChI is InChI=1S/C21H25ClO5S/c1-15-5-9-18(10-6-15)28(23,24)27-14-16(2)20(25-3)12-8-17-7-11-19(22)21(13-17)26-4/h5-13,16,20H,14H2,1-4H3/b12-8+/t16-,20-/m0/s1. The van der Waals surface area contributed by atoms with Crippen molar-refractivity contribution in [2.75, 3.05) is 20.8 Å². The van der Waals surface area contributed by atoms with Gasteiger partial charge in [0.2, 0.25) is 0 Å². The molecule has 0 heterocycles. The van der Waals surface area contributed by atoms with Gasteiger partial charge in [0, 0.05) is 13.0 Å². The third-order valence-electron chi connectivity index (χ3n) is 4.28. The van der Waals surface area contributed by atoms with Gasteiger partial charge in [0.1, 0.15) is 5.75 Å². The van der Waals surface area contributed by atoms with Crippen LogP contribution in [0.2, 0.25) is 5.02 Å². The van der Waals surface area contributed by atoms with Crippen LogP contribution in [0.1, 0.15) is 18.1 Å². The van der Waals surface area contributed by atoms with E-state index in [9.17, 15) is 8.42 Å². The van der Waals surface area contributed by atoms with Crippen LogP contribution in [0, 0.1) is 12.8 Å². The van der Waals surface area contributed by atoms with Crippen LogP contribution in [0.25, 0.3) is 6.08 Å². The van der Waals surface area contributed by atoms with E-state index in [1.54, 1.807) is 32.4 Å². The van der Waals surface area contributed by atoms with Crippen LogP contribution >= 0.6 is 11.6 Å². The molecule has 0 saturated carbocycles. The minimum Gasteiger partial charge on any atom is -0.495 e. The topological polar surface area (TPSA) is 61.8 Å². The first-order valence-corrected chi connectivity index (χ1v) is 10.6. The molecule has 152 valence electrons. The highest BCUT2D eigenvalue weighted by Gasteiger charge is 2.20. The number of methoxy groups -OCH3 is 2. The molecule has 0 aliphatic carbocycles. The van der Waals surface area contributed by atoms with E-state index in [4.69, 9.17) is 25.3 Å². The van der Waals surface area contributed by atoms with Gasteiger partial charge in [0.25, 0.3) is 10.1 Å². The zero-order chi connectivity index (χ0) is 20.7. The third-order valence-corrected chi connectivity index (χ3v) is 5.89. The van der Waals surface area contributed by atoms with Crippen molar-refractivity contribution in [3.8, 4) is 5.75 Å². The van der Waals surface area contributed by atoms with E-state index in [-0.39, 0.29) is 23.5 Å². The Hall–Kier alpha value is -1.86. The van der Waals surface area contributed by atoms with Crippen molar-refractivity contribution in [3.63, 3.8) is 0 Å². The Kier molecular flexibility index (Phi) is 8.07. The molecule has 2 atom stereocenters. The van der Waals surface area contributed by atoms with Crippen LogP contribution in [-0.2, 0) is 19.0 Å². The van der Waals surface area contributed by atoms with Gasteiger partial charge < -0.3 is 9.47 Å². The summed E-state index contributed by atoms with van der Waals surface area (Å²) in [5.41, 5.74) is 1.87. The van der Waals surface area contributed by atoms with Crippen molar-refractivity contribution in [3.05, 3.63) is 64.7 Å². The summed E-state index contributed by atoms with van der Waals surface area (Å²) in [5, 5.41) is 0.533. The zero-order valence-electron chi connectivity index (χ0n) is 16.4. The molecule has 0 aromatic heterocycles. The molecule has 0 radical (unpaired) electrons. The fraction of sp³-hybridized carbons (Fsp3) is 0.333. The molecule has 0 bridgehead atoms. The summed E-state index contributed by atoms with van der Waals surface area (Å²) in [4.78, 5) is 0.142. The second-order valence-electron chi connectivity index (χ2n) is 6.48. The Morgan fingerprint density at radius 2 is 1.79 bits per heavy atom. The number of ether oxygens (including phenoxy) is 2. The number of halogens is 1. The molecular weight excluding hydrogens is 400 g/mol. The number of hydrogen-bond acceptors (Lipinski definition) is 5. The van der Waals surface area contributed by atoms with Gasteiger partial charge in [-0.1, -0.05) is 54.4 Å². The Bertz CT molecular complexity index is 907. The highest BCUT2D eigenvalue weighted by molar-refractivity contribution is 7.86. The summed E-state index contributed by atoms with van der Waals surface area (Å²) < 4.78 is 40.6. The van der Waals surface area contributed by atoms with Gasteiger partial charge >= 0.3 is 0 Å². The Morgan fingerprint density at radius 1 is 1.11 bits per heavy atom. The van der Waals surface area contributed by atoms with Crippen molar-refractivity contribution < 1.29 is 22.1 Å². The predicted molar refractivity (Wildman–Crippen MR) is 111 cm³/mol.